The average molecular weight is 435 g/mol. The minimum Gasteiger partial charge on any atom is -0.492 e. The number of aromatic nitrogens is 4. The van der Waals surface area contributed by atoms with Crippen LogP contribution in [0.4, 0.5) is 10.5 Å². The van der Waals surface area contributed by atoms with Crippen molar-refractivity contribution in [2.24, 2.45) is 0 Å². The van der Waals surface area contributed by atoms with Gasteiger partial charge in [0.1, 0.15) is 24.2 Å². The number of tetrazole rings is 1. The molecule has 0 bridgehead atoms. The third-order valence-electron chi connectivity index (χ3n) is 5.10. The van der Waals surface area contributed by atoms with Crippen LogP contribution in [0.15, 0.2) is 54.9 Å². The lowest BCUT2D eigenvalue weighted by Gasteiger charge is -2.22. The largest absolute Gasteiger partial charge is 0.492 e. The minimum atomic E-state index is -1.31. The monoisotopic (exact) mass is 435 g/mol. The highest BCUT2D eigenvalue weighted by atomic mass is 16.5. The lowest BCUT2D eigenvalue weighted by Crippen LogP contribution is -2.42. The van der Waals surface area contributed by atoms with Gasteiger partial charge in [0.15, 0.2) is 0 Å². The molecule has 1 aliphatic heterocycles. The molecule has 1 aliphatic rings. The van der Waals surface area contributed by atoms with Crippen molar-refractivity contribution in [1.82, 2.24) is 30.4 Å². The first-order chi connectivity index (χ1) is 15.4. The molecule has 4 rings (SSSR count). The van der Waals surface area contributed by atoms with E-state index in [1.165, 1.54) is 11.0 Å². The number of amides is 4. The maximum absolute atomic E-state index is 13.1. The van der Waals surface area contributed by atoms with Crippen LogP contribution < -0.4 is 15.4 Å². The number of nitrogens with zero attached hydrogens (tertiary/aromatic N) is 5. The van der Waals surface area contributed by atoms with Gasteiger partial charge in [0.05, 0.1) is 18.0 Å². The number of carbonyl (C=O) groups is 3. The van der Waals surface area contributed by atoms with Crippen molar-refractivity contribution < 1.29 is 19.1 Å². The molecule has 0 aliphatic carbocycles. The maximum Gasteiger partial charge on any atom is 0.325 e. The highest BCUT2D eigenvalue weighted by molar-refractivity contribution is 6.10. The summed E-state index contributed by atoms with van der Waals surface area (Å²) in [4.78, 5) is 39.1. The molecule has 1 aromatic heterocycles. The van der Waals surface area contributed by atoms with Crippen LogP contribution in [-0.2, 0) is 15.1 Å². The van der Waals surface area contributed by atoms with Crippen molar-refractivity contribution in [3.63, 3.8) is 0 Å². The summed E-state index contributed by atoms with van der Waals surface area (Å²) >= 11 is 0. The number of nitrogens with one attached hydrogen (secondary N) is 2. The second-order valence-corrected chi connectivity index (χ2v) is 7.23. The minimum absolute atomic E-state index is 0.427. The van der Waals surface area contributed by atoms with Crippen molar-refractivity contribution in [2.75, 3.05) is 18.5 Å². The Bertz CT molecular complexity index is 1150. The Balaban J connectivity index is 1.48. The van der Waals surface area contributed by atoms with Crippen LogP contribution in [0.3, 0.4) is 0 Å². The van der Waals surface area contributed by atoms with Gasteiger partial charge in [-0.2, -0.15) is 0 Å². The Kier molecular flexibility index (Phi) is 5.54. The van der Waals surface area contributed by atoms with Crippen LogP contribution in [-0.4, -0.2) is 56.1 Å². The molecule has 0 radical (unpaired) electrons. The summed E-state index contributed by atoms with van der Waals surface area (Å²) in [7, 11) is 0. The fourth-order valence-corrected chi connectivity index (χ4v) is 3.45. The third kappa shape index (κ3) is 3.87. The second-order valence-electron chi connectivity index (χ2n) is 7.23. The molecule has 4 amide bonds. The highest BCUT2D eigenvalue weighted by Gasteiger charge is 2.49. The van der Waals surface area contributed by atoms with E-state index in [2.05, 4.69) is 26.2 Å². The summed E-state index contributed by atoms with van der Waals surface area (Å²) in [6, 6.07) is 13.2. The van der Waals surface area contributed by atoms with Gasteiger partial charge < -0.3 is 15.4 Å². The molecule has 1 fully saturated rings. The first kappa shape index (κ1) is 21.0. The second kappa shape index (κ2) is 8.46. The van der Waals surface area contributed by atoms with Gasteiger partial charge in [-0.05, 0) is 54.1 Å². The number of carbonyl (C=O) groups excluding carboxylic acids is 3. The van der Waals surface area contributed by atoms with Crippen molar-refractivity contribution in [3.05, 3.63) is 60.4 Å². The smallest absolute Gasteiger partial charge is 0.325 e. The molecule has 2 heterocycles. The molecule has 0 spiro atoms. The summed E-state index contributed by atoms with van der Waals surface area (Å²) in [6.45, 7) is 3.44. The van der Waals surface area contributed by atoms with Gasteiger partial charge in [-0.3, -0.25) is 14.5 Å². The van der Waals surface area contributed by atoms with Crippen molar-refractivity contribution in [1.29, 1.82) is 0 Å². The zero-order chi connectivity index (χ0) is 22.7. The van der Waals surface area contributed by atoms with Gasteiger partial charge in [0, 0.05) is 0 Å². The van der Waals surface area contributed by atoms with Crippen LogP contribution in [0, 0.1) is 0 Å². The first-order valence-electron chi connectivity index (χ1n) is 9.92. The topological polar surface area (TPSA) is 131 Å². The first-order valence-corrected chi connectivity index (χ1v) is 9.92. The molecule has 11 nitrogen and oxygen atoms in total. The third-order valence-corrected chi connectivity index (χ3v) is 5.10. The number of para-hydroxylation sites is 2. The molecule has 11 heteroatoms. The van der Waals surface area contributed by atoms with Gasteiger partial charge in [-0.25, -0.2) is 9.48 Å². The van der Waals surface area contributed by atoms with E-state index in [4.69, 9.17) is 4.74 Å². The molecule has 32 heavy (non-hydrogen) atoms. The number of imide groups is 1. The van der Waals surface area contributed by atoms with Crippen LogP contribution in [0.25, 0.3) is 5.69 Å². The molecule has 0 saturated carbocycles. The Hall–Kier alpha value is -4.28. The molecule has 1 saturated heterocycles. The fourth-order valence-electron chi connectivity index (χ4n) is 3.45. The molecule has 2 N–H and O–H groups in total. The number of rotatable bonds is 7. The van der Waals surface area contributed by atoms with E-state index in [-0.39, 0.29) is 0 Å². The number of hydrogen-bond acceptors (Lipinski definition) is 7. The molecular formula is C21H21N7O4. The Morgan fingerprint density at radius 3 is 2.59 bits per heavy atom. The van der Waals surface area contributed by atoms with E-state index in [1.54, 1.807) is 55.5 Å². The van der Waals surface area contributed by atoms with Gasteiger partial charge >= 0.3 is 6.03 Å². The lowest BCUT2D eigenvalue weighted by atomic mass is 9.92. The Morgan fingerprint density at radius 1 is 1.16 bits per heavy atom. The summed E-state index contributed by atoms with van der Waals surface area (Å²) in [5.74, 6) is -0.530. The molecule has 0 unspecified atom stereocenters. The van der Waals surface area contributed by atoms with Gasteiger partial charge in [0.25, 0.3) is 5.91 Å². The van der Waals surface area contributed by atoms with Gasteiger partial charge in [-0.15, -0.1) is 5.10 Å². The number of hydrogen-bond donors (Lipinski definition) is 2. The number of urea groups is 1. The maximum atomic E-state index is 13.1. The average Bonchev–Trinajstić information content (AvgIpc) is 3.40. The van der Waals surface area contributed by atoms with Crippen LogP contribution in [0.5, 0.6) is 5.75 Å². The fraction of sp³-hybridized carbons (Fsp3) is 0.238. The summed E-state index contributed by atoms with van der Waals surface area (Å²) in [5, 5.41) is 16.4. The van der Waals surface area contributed by atoms with Crippen LogP contribution in [0.2, 0.25) is 0 Å². The lowest BCUT2D eigenvalue weighted by molar-refractivity contribution is -0.133. The summed E-state index contributed by atoms with van der Waals surface area (Å²) < 4.78 is 6.96. The standard InChI is InChI=1S/C21H21N7O4/c1-3-32-17-7-5-4-6-16(17)23-18(29)12-27-19(30)21(2,24-20(27)31)14-8-10-15(11-9-14)28-13-22-25-26-28/h4-11,13H,3,12H2,1-2H3,(H,23,29)(H,24,31)/t21-/m1/s1. The van der Waals surface area contributed by atoms with Crippen LogP contribution in [0.1, 0.15) is 19.4 Å². The number of anilines is 1. The Morgan fingerprint density at radius 2 is 1.91 bits per heavy atom. The normalized spacial score (nSPS) is 17.9. The van der Waals surface area contributed by atoms with E-state index < -0.39 is 29.9 Å². The quantitative estimate of drug-likeness (QED) is 0.537. The molecular weight excluding hydrogens is 414 g/mol. The van der Waals surface area contributed by atoms with Crippen LogP contribution >= 0.6 is 0 Å². The van der Waals surface area contributed by atoms with Crippen molar-refractivity contribution >= 4 is 23.5 Å². The van der Waals surface area contributed by atoms with E-state index in [0.717, 1.165) is 4.90 Å². The molecule has 164 valence electrons. The SMILES string of the molecule is CCOc1ccccc1NC(=O)CN1C(=O)N[C@](C)(c2ccc(-n3cnnn3)cc2)C1=O. The Labute approximate surface area is 183 Å². The molecule has 3 aromatic rings. The predicted octanol–water partition coefficient (Wildman–Crippen LogP) is 1.47. The molecule has 2 aromatic carbocycles. The van der Waals surface area contributed by atoms with E-state index in [0.29, 0.717) is 29.3 Å². The van der Waals surface area contributed by atoms with Gasteiger partial charge in [-0.1, -0.05) is 24.3 Å². The highest BCUT2D eigenvalue weighted by Crippen LogP contribution is 2.30. The molecule has 1 atom stereocenters. The van der Waals surface area contributed by atoms with E-state index >= 15 is 0 Å². The number of benzene rings is 2. The van der Waals surface area contributed by atoms with E-state index in [1.807, 2.05) is 6.92 Å². The van der Waals surface area contributed by atoms with Gasteiger partial charge in [0.2, 0.25) is 5.91 Å². The zero-order valence-corrected chi connectivity index (χ0v) is 17.5. The zero-order valence-electron chi connectivity index (χ0n) is 17.5. The van der Waals surface area contributed by atoms with Crippen molar-refractivity contribution in [2.45, 2.75) is 19.4 Å². The predicted molar refractivity (Wildman–Crippen MR) is 113 cm³/mol. The number of ether oxygens (including phenoxy) is 1. The summed E-state index contributed by atoms with van der Waals surface area (Å²) in [5.41, 5.74) is 0.424. The van der Waals surface area contributed by atoms with E-state index in [9.17, 15) is 14.4 Å². The summed E-state index contributed by atoms with van der Waals surface area (Å²) in [6.07, 6.45) is 1.45. The van der Waals surface area contributed by atoms with Crippen molar-refractivity contribution in [3.8, 4) is 11.4 Å².